The summed E-state index contributed by atoms with van der Waals surface area (Å²) in [5, 5.41) is 0.298. The molecular formula is C15H21ClO. The van der Waals surface area contributed by atoms with Crippen molar-refractivity contribution in [2.45, 2.75) is 56.6 Å². The molecule has 1 aromatic carbocycles. The van der Waals surface area contributed by atoms with Gasteiger partial charge in [-0.1, -0.05) is 30.3 Å². The van der Waals surface area contributed by atoms with Gasteiger partial charge in [-0.2, -0.15) is 0 Å². The van der Waals surface area contributed by atoms with E-state index in [1.54, 1.807) is 0 Å². The third-order valence-corrected chi connectivity index (χ3v) is 3.81. The molecule has 17 heavy (non-hydrogen) atoms. The van der Waals surface area contributed by atoms with Crippen LogP contribution in [0.15, 0.2) is 30.3 Å². The van der Waals surface area contributed by atoms with E-state index >= 15 is 0 Å². The van der Waals surface area contributed by atoms with Crippen LogP contribution in [-0.2, 0) is 11.2 Å². The summed E-state index contributed by atoms with van der Waals surface area (Å²) in [4.78, 5) is 0. The molecule has 1 fully saturated rings. The molecule has 1 aliphatic heterocycles. The first-order valence-electron chi connectivity index (χ1n) is 6.57. The Labute approximate surface area is 109 Å². The summed E-state index contributed by atoms with van der Waals surface area (Å²) >= 11 is 6.22. The number of aryl methyl sites for hydroxylation is 1. The predicted octanol–water partition coefficient (Wildman–Crippen LogP) is 4.18. The molecule has 0 bridgehead atoms. The highest BCUT2D eigenvalue weighted by Crippen LogP contribution is 2.25. The summed E-state index contributed by atoms with van der Waals surface area (Å²) in [5.41, 5.74) is 1.40. The van der Waals surface area contributed by atoms with Crippen molar-refractivity contribution in [3.05, 3.63) is 35.9 Å². The fourth-order valence-electron chi connectivity index (χ4n) is 2.48. The average Bonchev–Trinajstić information content (AvgIpc) is 2.49. The minimum atomic E-state index is 0.298. The molecule has 94 valence electrons. The van der Waals surface area contributed by atoms with Gasteiger partial charge in [0.15, 0.2) is 0 Å². The van der Waals surface area contributed by atoms with Crippen molar-refractivity contribution in [2.24, 2.45) is 0 Å². The van der Waals surface area contributed by atoms with Gasteiger partial charge in [0.25, 0.3) is 0 Å². The summed E-state index contributed by atoms with van der Waals surface area (Å²) in [6.45, 7) is 2.14. The monoisotopic (exact) mass is 252 g/mol. The number of halogens is 1. The zero-order chi connectivity index (χ0) is 12.1. The first-order valence-corrected chi connectivity index (χ1v) is 7.01. The van der Waals surface area contributed by atoms with Crippen LogP contribution in [-0.4, -0.2) is 17.6 Å². The van der Waals surface area contributed by atoms with Gasteiger partial charge in [-0.15, -0.1) is 11.6 Å². The zero-order valence-corrected chi connectivity index (χ0v) is 11.2. The van der Waals surface area contributed by atoms with Gasteiger partial charge >= 0.3 is 0 Å². The predicted molar refractivity (Wildman–Crippen MR) is 72.6 cm³/mol. The molecule has 0 aromatic heterocycles. The van der Waals surface area contributed by atoms with Crippen LogP contribution < -0.4 is 0 Å². The summed E-state index contributed by atoms with van der Waals surface area (Å²) in [7, 11) is 0. The van der Waals surface area contributed by atoms with E-state index in [4.69, 9.17) is 16.3 Å². The topological polar surface area (TPSA) is 9.23 Å². The van der Waals surface area contributed by atoms with Crippen LogP contribution >= 0.6 is 11.6 Å². The van der Waals surface area contributed by atoms with E-state index in [0.717, 1.165) is 32.1 Å². The Hall–Kier alpha value is -0.530. The fraction of sp³-hybridized carbons (Fsp3) is 0.600. The van der Waals surface area contributed by atoms with E-state index in [9.17, 15) is 0 Å². The van der Waals surface area contributed by atoms with Gasteiger partial charge in [0.2, 0.25) is 0 Å². The van der Waals surface area contributed by atoms with Gasteiger partial charge < -0.3 is 4.74 Å². The Balaban J connectivity index is 1.82. The highest BCUT2D eigenvalue weighted by Gasteiger charge is 2.22. The average molecular weight is 253 g/mol. The van der Waals surface area contributed by atoms with Gasteiger partial charge in [0.05, 0.1) is 12.2 Å². The third-order valence-electron chi connectivity index (χ3n) is 3.41. The lowest BCUT2D eigenvalue weighted by molar-refractivity contribution is -0.00175. The maximum absolute atomic E-state index is 6.22. The first-order chi connectivity index (χ1) is 8.24. The molecule has 0 amide bonds. The molecule has 0 N–H and O–H groups in total. The first kappa shape index (κ1) is 12.9. The summed E-state index contributed by atoms with van der Waals surface area (Å²) < 4.78 is 6.02. The molecule has 0 radical (unpaired) electrons. The SMILES string of the molecule is C[C@@H]1CC(Cl)CC[C@H](CCc2ccccc2)O1. The van der Waals surface area contributed by atoms with Crippen LogP contribution in [0.25, 0.3) is 0 Å². The molecule has 0 aliphatic carbocycles. The minimum absolute atomic E-state index is 0.298. The number of benzene rings is 1. The van der Waals surface area contributed by atoms with Gasteiger partial charge in [-0.05, 0) is 44.6 Å². The van der Waals surface area contributed by atoms with E-state index in [2.05, 4.69) is 37.3 Å². The Morgan fingerprint density at radius 3 is 2.76 bits per heavy atom. The summed E-state index contributed by atoms with van der Waals surface area (Å²) in [6, 6.07) is 10.6. The molecule has 1 nitrogen and oxygen atoms in total. The van der Waals surface area contributed by atoms with Crippen LogP contribution in [0.1, 0.15) is 38.2 Å². The second-order valence-electron chi connectivity index (χ2n) is 5.00. The lowest BCUT2D eigenvalue weighted by Crippen LogP contribution is -2.18. The van der Waals surface area contributed by atoms with Crippen molar-refractivity contribution in [1.82, 2.24) is 0 Å². The number of ether oxygens (including phenoxy) is 1. The molecule has 1 aliphatic rings. The smallest absolute Gasteiger partial charge is 0.0582 e. The Morgan fingerprint density at radius 2 is 2.00 bits per heavy atom. The van der Waals surface area contributed by atoms with Crippen molar-refractivity contribution in [3.8, 4) is 0 Å². The molecule has 1 heterocycles. The maximum atomic E-state index is 6.22. The second-order valence-corrected chi connectivity index (χ2v) is 5.62. The molecule has 1 saturated heterocycles. The summed E-state index contributed by atoms with van der Waals surface area (Å²) in [6.07, 6.45) is 6.08. The van der Waals surface area contributed by atoms with Crippen LogP contribution in [0, 0.1) is 0 Å². The third kappa shape index (κ3) is 4.33. The largest absolute Gasteiger partial charge is 0.375 e. The molecule has 2 heteroatoms. The molecule has 0 saturated carbocycles. The molecule has 0 spiro atoms. The van der Waals surface area contributed by atoms with E-state index in [1.807, 2.05) is 0 Å². The number of hydrogen-bond acceptors (Lipinski definition) is 1. The van der Waals surface area contributed by atoms with Gasteiger partial charge in [0, 0.05) is 5.38 Å². The Bertz CT molecular complexity index is 325. The molecule has 3 atom stereocenters. The Morgan fingerprint density at radius 1 is 1.24 bits per heavy atom. The lowest BCUT2D eigenvalue weighted by atomic mass is 10.0. The molecule has 1 aromatic rings. The maximum Gasteiger partial charge on any atom is 0.0582 e. The Kier molecular flexibility index (Phi) is 4.87. The highest BCUT2D eigenvalue weighted by molar-refractivity contribution is 6.20. The van der Waals surface area contributed by atoms with Gasteiger partial charge in [-0.3, -0.25) is 0 Å². The lowest BCUT2D eigenvalue weighted by Gasteiger charge is -2.18. The molecule has 1 unspecified atom stereocenters. The van der Waals surface area contributed by atoms with E-state index < -0.39 is 0 Å². The minimum Gasteiger partial charge on any atom is -0.375 e. The second kappa shape index (κ2) is 6.42. The van der Waals surface area contributed by atoms with Crippen molar-refractivity contribution in [1.29, 1.82) is 0 Å². The zero-order valence-electron chi connectivity index (χ0n) is 10.4. The van der Waals surface area contributed by atoms with Crippen LogP contribution in [0.4, 0.5) is 0 Å². The fourth-order valence-corrected chi connectivity index (χ4v) is 2.86. The summed E-state index contributed by atoms with van der Waals surface area (Å²) in [5.74, 6) is 0. The number of hydrogen-bond donors (Lipinski definition) is 0. The van der Waals surface area contributed by atoms with Crippen LogP contribution in [0.5, 0.6) is 0 Å². The number of rotatable bonds is 3. The van der Waals surface area contributed by atoms with Gasteiger partial charge in [-0.25, -0.2) is 0 Å². The quantitative estimate of drug-likeness (QED) is 0.734. The van der Waals surface area contributed by atoms with E-state index in [-0.39, 0.29) is 0 Å². The van der Waals surface area contributed by atoms with Crippen molar-refractivity contribution in [3.63, 3.8) is 0 Å². The van der Waals surface area contributed by atoms with Crippen molar-refractivity contribution >= 4 is 11.6 Å². The normalized spacial score (nSPS) is 29.9. The van der Waals surface area contributed by atoms with E-state index in [1.165, 1.54) is 5.56 Å². The van der Waals surface area contributed by atoms with E-state index in [0.29, 0.717) is 17.6 Å². The van der Waals surface area contributed by atoms with Crippen molar-refractivity contribution < 1.29 is 4.74 Å². The van der Waals surface area contributed by atoms with Crippen LogP contribution in [0.3, 0.4) is 0 Å². The number of alkyl halides is 1. The standard InChI is InChI=1S/C15H21ClO/c1-12-11-14(16)8-10-15(17-12)9-7-13-5-3-2-4-6-13/h2-6,12,14-15H,7-11H2,1H3/t12-,14?,15+/m1/s1. The van der Waals surface area contributed by atoms with Crippen molar-refractivity contribution in [2.75, 3.05) is 0 Å². The molecule has 2 rings (SSSR count). The molecular weight excluding hydrogens is 232 g/mol. The van der Waals surface area contributed by atoms with Gasteiger partial charge in [0.1, 0.15) is 0 Å². The van der Waals surface area contributed by atoms with Crippen LogP contribution in [0.2, 0.25) is 0 Å². The highest BCUT2D eigenvalue weighted by atomic mass is 35.5.